The fourth-order valence-electron chi connectivity index (χ4n) is 3.54. The highest BCUT2D eigenvalue weighted by Gasteiger charge is 2.41. The molecule has 0 radical (unpaired) electrons. The average molecular weight is 466 g/mol. The van der Waals surface area contributed by atoms with Crippen molar-refractivity contribution in [3.05, 3.63) is 83.3 Å². The number of hydrogen-bond acceptors (Lipinski definition) is 2. The number of carbonyl (C=O) groups is 1. The third kappa shape index (κ3) is 4.57. The van der Waals surface area contributed by atoms with E-state index in [4.69, 9.17) is 0 Å². The zero-order valence-electron chi connectivity index (χ0n) is 16.8. The number of H-pyrrole nitrogens is 1. The van der Waals surface area contributed by atoms with Crippen LogP contribution in [0, 0.1) is 0 Å². The van der Waals surface area contributed by atoms with Gasteiger partial charge >= 0.3 is 12.4 Å². The van der Waals surface area contributed by atoms with E-state index in [1.807, 2.05) is 24.3 Å². The molecule has 0 saturated carbocycles. The van der Waals surface area contributed by atoms with Crippen molar-refractivity contribution in [1.82, 2.24) is 20.1 Å². The van der Waals surface area contributed by atoms with Gasteiger partial charge in [0.15, 0.2) is 5.69 Å². The van der Waals surface area contributed by atoms with Gasteiger partial charge in [0, 0.05) is 23.6 Å². The molecule has 0 aliphatic carbocycles. The van der Waals surface area contributed by atoms with Gasteiger partial charge in [-0.2, -0.15) is 31.4 Å². The first-order valence-electron chi connectivity index (χ1n) is 9.72. The Morgan fingerprint density at radius 3 is 2.48 bits per heavy atom. The molecule has 2 aromatic heterocycles. The summed E-state index contributed by atoms with van der Waals surface area (Å²) in [6.45, 7) is 0.0483. The number of hydrogen-bond donors (Lipinski definition) is 2. The van der Waals surface area contributed by atoms with Crippen LogP contribution in [0.5, 0.6) is 0 Å². The molecule has 33 heavy (non-hydrogen) atoms. The van der Waals surface area contributed by atoms with E-state index in [0.717, 1.165) is 34.7 Å². The fraction of sp³-hybridized carbons (Fsp3) is 0.182. The topological polar surface area (TPSA) is 62.7 Å². The summed E-state index contributed by atoms with van der Waals surface area (Å²) < 4.78 is 80.6. The standard InChI is InChI=1S/C22H16F6N4O/c23-21(24,25)14-4-3-5-15(10-14)32-19(22(26,27)28)17(12-31-32)20(33)29-9-8-13-11-30-18-7-2-1-6-16(13)18/h1-7,10-12,30H,8-9H2,(H,29,33). The molecule has 0 bridgehead atoms. The van der Waals surface area contributed by atoms with Crippen molar-refractivity contribution in [3.63, 3.8) is 0 Å². The van der Waals surface area contributed by atoms with Crippen LogP contribution in [-0.2, 0) is 18.8 Å². The Kier molecular flexibility index (Phi) is 5.64. The van der Waals surface area contributed by atoms with E-state index >= 15 is 0 Å². The molecule has 4 rings (SSSR count). The maximum atomic E-state index is 13.8. The lowest BCUT2D eigenvalue weighted by molar-refractivity contribution is -0.143. The SMILES string of the molecule is O=C(NCCc1c[nH]c2ccccc12)c1cnn(-c2cccc(C(F)(F)F)c2)c1C(F)(F)F. The third-order valence-electron chi connectivity index (χ3n) is 5.06. The van der Waals surface area contributed by atoms with E-state index in [-0.39, 0.29) is 6.54 Å². The van der Waals surface area contributed by atoms with Gasteiger partial charge in [0.2, 0.25) is 0 Å². The highest BCUT2D eigenvalue weighted by Crippen LogP contribution is 2.35. The van der Waals surface area contributed by atoms with E-state index in [1.54, 1.807) is 6.20 Å². The summed E-state index contributed by atoms with van der Waals surface area (Å²) in [4.78, 5) is 15.6. The van der Waals surface area contributed by atoms with Gasteiger partial charge in [0.1, 0.15) is 0 Å². The minimum Gasteiger partial charge on any atom is -0.361 e. The number of aromatic nitrogens is 3. The van der Waals surface area contributed by atoms with Crippen LogP contribution < -0.4 is 5.32 Å². The molecular weight excluding hydrogens is 450 g/mol. The molecule has 5 nitrogen and oxygen atoms in total. The number of benzene rings is 2. The van der Waals surface area contributed by atoms with Gasteiger partial charge in [-0.25, -0.2) is 4.68 Å². The summed E-state index contributed by atoms with van der Waals surface area (Å²) in [6, 6.07) is 10.7. The first-order chi connectivity index (χ1) is 15.6. The van der Waals surface area contributed by atoms with E-state index in [2.05, 4.69) is 15.4 Å². The second kappa shape index (κ2) is 8.30. The van der Waals surface area contributed by atoms with Crippen LogP contribution >= 0.6 is 0 Å². The zero-order valence-corrected chi connectivity index (χ0v) is 16.8. The highest BCUT2D eigenvalue weighted by molar-refractivity contribution is 5.95. The molecule has 2 heterocycles. The molecule has 0 aliphatic rings. The van der Waals surface area contributed by atoms with Crippen molar-refractivity contribution < 1.29 is 31.1 Å². The smallest absolute Gasteiger partial charge is 0.361 e. The maximum absolute atomic E-state index is 13.8. The van der Waals surface area contributed by atoms with Crippen molar-refractivity contribution >= 4 is 16.8 Å². The largest absolute Gasteiger partial charge is 0.434 e. The van der Waals surface area contributed by atoms with Crippen molar-refractivity contribution in [2.45, 2.75) is 18.8 Å². The first kappa shape index (κ1) is 22.4. The quantitative estimate of drug-likeness (QED) is 0.389. The third-order valence-corrected chi connectivity index (χ3v) is 5.06. The van der Waals surface area contributed by atoms with Gasteiger partial charge in [-0.05, 0) is 36.2 Å². The molecule has 0 aliphatic heterocycles. The van der Waals surface area contributed by atoms with E-state index in [0.29, 0.717) is 23.4 Å². The molecule has 0 atom stereocenters. The number of carbonyl (C=O) groups excluding carboxylic acids is 1. The normalized spacial score (nSPS) is 12.3. The molecule has 2 N–H and O–H groups in total. The number of halogens is 6. The van der Waals surface area contributed by atoms with Gasteiger partial charge in [-0.1, -0.05) is 24.3 Å². The first-order valence-corrected chi connectivity index (χ1v) is 9.72. The number of nitrogens with zero attached hydrogens (tertiary/aromatic N) is 2. The van der Waals surface area contributed by atoms with Crippen molar-refractivity contribution in [1.29, 1.82) is 0 Å². The lowest BCUT2D eigenvalue weighted by Crippen LogP contribution is -2.28. The van der Waals surface area contributed by atoms with Crippen LogP contribution in [0.2, 0.25) is 0 Å². The lowest BCUT2D eigenvalue weighted by Gasteiger charge is -2.14. The van der Waals surface area contributed by atoms with Crippen LogP contribution in [0.3, 0.4) is 0 Å². The molecule has 0 unspecified atom stereocenters. The monoisotopic (exact) mass is 466 g/mol. The molecule has 0 spiro atoms. The molecule has 0 fully saturated rings. The lowest BCUT2D eigenvalue weighted by atomic mass is 10.1. The zero-order chi connectivity index (χ0) is 23.8. The van der Waals surface area contributed by atoms with Crippen molar-refractivity contribution in [2.75, 3.05) is 6.54 Å². The van der Waals surface area contributed by atoms with Gasteiger partial charge in [0.05, 0.1) is 23.0 Å². The van der Waals surface area contributed by atoms with Crippen molar-refractivity contribution in [2.24, 2.45) is 0 Å². The van der Waals surface area contributed by atoms with Crippen LogP contribution in [0.25, 0.3) is 16.6 Å². The number of amides is 1. The van der Waals surface area contributed by atoms with E-state index in [9.17, 15) is 31.1 Å². The molecule has 172 valence electrons. The summed E-state index contributed by atoms with van der Waals surface area (Å²) in [5.41, 5.74) is -2.06. The summed E-state index contributed by atoms with van der Waals surface area (Å²) >= 11 is 0. The molecule has 2 aromatic carbocycles. The number of para-hydroxylation sites is 1. The van der Waals surface area contributed by atoms with Gasteiger partial charge in [-0.15, -0.1) is 0 Å². The minimum atomic E-state index is -5.03. The molecule has 4 aromatic rings. The molecule has 1 amide bonds. The maximum Gasteiger partial charge on any atom is 0.434 e. The minimum absolute atomic E-state index is 0.0483. The Bertz CT molecular complexity index is 1300. The summed E-state index contributed by atoms with van der Waals surface area (Å²) in [7, 11) is 0. The number of nitrogens with one attached hydrogen (secondary N) is 2. The number of alkyl halides is 6. The molecule has 11 heteroatoms. The highest BCUT2D eigenvalue weighted by atomic mass is 19.4. The second-order valence-electron chi connectivity index (χ2n) is 7.23. The van der Waals surface area contributed by atoms with E-state index < -0.39 is 40.8 Å². The average Bonchev–Trinajstić information content (AvgIpc) is 3.38. The Morgan fingerprint density at radius 1 is 1.00 bits per heavy atom. The second-order valence-corrected chi connectivity index (χ2v) is 7.23. The molecular formula is C22H16F6N4O. The predicted octanol–water partition coefficient (Wildman–Crippen LogP) is 5.36. The predicted molar refractivity (Wildman–Crippen MR) is 108 cm³/mol. The Hall–Kier alpha value is -3.76. The number of fused-ring (bicyclic) bond motifs is 1. The van der Waals surface area contributed by atoms with Gasteiger partial charge < -0.3 is 10.3 Å². The fourth-order valence-corrected chi connectivity index (χ4v) is 3.54. The van der Waals surface area contributed by atoms with Crippen molar-refractivity contribution in [3.8, 4) is 5.69 Å². The summed E-state index contributed by atoms with van der Waals surface area (Å²) in [5, 5.41) is 6.92. The van der Waals surface area contributed by atoms with E-state index in [1.165, 1.54) is 0 Å². The Morgan fingerprint density at radius 2 is 1.76 bits per heavy atom. The Balaban J connectivity index is 1.58. The number of rotatable bonds is 5. The van der Waals surface area contributed by atoms with Gasteiger partial charge in [-0.3, -0.25) is 4.79 Å². The number of aromatic amines is 1. The molecule has 0 saturated heterocycles. The van der Waals surface area contributed by atoms with Crippen LogP contribution in [0.1, 0.15) is 27.2 Å². The van der Waals surface area contributed by atoms with Gasteiger partial charge in [0.25, 0.3) is 5.91 Å². The summed E-state index contributed by atoms with van der Waals surface area (Å²) in [6.07, 6.45) is -6.97. The Labute approximate surface area is 183 Å². The van der Waals surface area contributed by atoms with Crippen LogP contribution in [0.4, 0.5) is 26.3 Å². The summed E-state index contributed by atoms with van der Waals surface area (Å²) in [5.74, 6) is -1.03. The van der Waals surface area contributed by atoms with Crippen LogP contribution in [-0.4, -0.2) is 27.2 Å². The van der Waals surface area contributed by atoms with Crippen LogP contribution in [0.15, 0.2) is 60.9 Å².